The van der Waals surface area contributed by atoms with Gasteiger partial charge in [-0.15, -0.1) is 0 Å². The molecular formula is C27H33NO4. The zero-order valence-electron chi connectivity index (χ0n) is 19.1. The van der Waals surface area contributed by atoms with Gasteiger partial charge in [-0.2, -0.15) is 0 Å². The maximum Gasteiger partial charge on any atom is 0.412 e. The van der Waals surface area contributed by atoms with Crippen LogP contribution >= 0.6 is 0 Å². The van der Waals surface area contributed by atoms with Crippen LogP contribution in [0.3, 0.4) is 0 Å². The maximum atomic E-state index is 12.9. The van der Waals surface area contributed by atoms with Crippen molar-refractivity contribution in [2.45, 2.75) is 71.8 Å². The van der Waals surface area contributed by atoms with Crippen LogP contribution in [0.15, 0.2) is 41.6 Å². The lowest BCUT2D eigenvalue weighted by atomic mass is 9.47. The molecule has 0 heterocycles. The number of hydrogen-bond acceptors (Lipinski definition) is 4. The number of benzene rings is 1. The molecule has 0 aliphatic heterocycles. The van der Waals surface area contributed by atoms with Gasteiger partial charge in [0.05, 0.1) is 5.70 Å². The molecule has 4 aliphatic rings. The van der Waals surface area contributed by atoms with Crippen LogP contribution in [0.4, 0.5) is 4.79 Å². The zero-order valence-corrected chi connectivity index (χ0v) is 19.1. The zero-order chi connectivity index (χ0) is 22.5. The molecule has 5 rings (SSSR count). The molecule has 1 aromatic rings. The summed E-state index contributed by atoms with van der Waals surface area (Å²) >= 11 is 0. The van der Waals surface area contributed by atoms with Gasteiger partial charge in [-0.05, 0) is 72.8 Å². The molecule has 3 saturated carbocycles. The summed E-state index contributed by atoms with van der Waals surface area (Å²) in [7, 11) is 0. The molecule has 32 heavy (non-hydrogen) atoms. The van der Waals surface area contributed by atoms with E-state index in [0.717, 1.165) is 56.1 Å². The van der Waals surface area contributed by atoms with Crippen molar-refractivity contribution >= 4 is 17.7 Å². The Morgan fingerprint density at radius 1 is 0.969 bits per heavy atom. The van der Waals surface area contributed by atoms with Crippen LogP contribution in [-0.4, -0.2) is 17.7 Å². The summed E-state index contributed by atoms with van der Waals surface area (Å²) in [6.07, 6.45) is 6.28. The highest BCUT2D eigenvalue weighted by atomic mass is 16.5. The number of allylic oxidation sites excluding steroid dienone is 1. The minimum Gasteiger partial charge on any atom is -0.444 e. The van der Waals surface area contributed by atoms with Gasteiger partial charge in [0.1, 0.15) is 12.4 Å². The van der Waals surface area contributed by atoms with Gasteiger partial charge in [0, 0.05) is 18.3 Å². The predicted octanol–water partition coefficient (Wildman–Crippen LogP) is 5.34. The molecule has 0 saturated heterocycles. The topological polar surface area (TPSA) is 72.5 Å². The van der Waals surface area contributed by atoms with E-state index in [2.05, 4.69) is 19.2 Å². The van der Waals surface area contributed by atoms with E-state index in [4.69, 9.17) is 4.74 Å². The average molecular weight is 436 g/mol. The number of amides is 1. The molecule has 1 N–H and O–H groups in total. The second-order valence-corrected chi connectivity index (χ2v) is 10.7. The summed E-state index contributed by atoms with van der Waals surface area (Å²) in [5.74, 6) is 1.95. The van der Waals surface area contributed by atoms with Crippen molar-refractivity contribution < 1.29 is 19.1 Å². The van der Waals surface area contributed by atoms with E-state index in [1.165, 1.54) is 0 Å². The Morgan fingerprint density at radius 3 is 2.50 bits per heavy atom. The fourth-order valence-corrected chi connectivity index (χ4v) is 7.49. The van der Waals surface area contributed by atoms with Crippen LogP contribution in [0.25, 0.3) is 0 Å². The molecule has 0 radical (unpaired) electrons. The fraction of sp³-hybridized carbons (Fsp3) is 0.593. The monoisotopic (exact) mass is 435 g/mol. The van der Waals surface area contributed by atoms with E-state index in [9.17, 15) is 14.4 Å². The molecule has 1 amide bonds. The number of nitrogens with one attached hydrogen (secondary N) is 1. The van der Waals surface area contributed by atoms with Crippen LogP contribution in [0.5, 0.6) is 0 Å². The standard InChI is InChI=1S/C27H33NO4/c1-26-15-13-22(29)24(28-25(31)32-16-17-6-4-3-5-7-17)21(26)9-8-18-19-10-11-23(30)27(19,2)14-12-20(18)26/h3-7,18-20H,8-16H2,1-2H3,(H,28,31)/t18-,19-,20-,26+,27-/m0/s1. The Labute approximate surface area is 190 Å². The maximum absolute atomic E-state index is 12.9. The number of rotatable bonds is 3. The third-order valence-electron chi connectivity index (χ3n) is 9.27. The number of ketones is 2. The molecule has 0 spiro atoms. The van der Waals surface area contributed by atoms with Crippen molar-refractivity contribution in [2.75, 3.05) is 0 Å². The summed E-state index contributed by atoms with van der Waals surface area (Å²) in [5, 5.41) is 2.83. The van der Waals surface area contributed by atoms with Crippen LogP contribution in [0.2, 0.25) is 0 Å². The van der Waals surface area contributed by atoms with E-state index in [0.29, 0.717) is 35.7 Å². The van der Waals surface area contributed by atoms with E-state index in [-0.39, 0.29) is 23.2 Å². The molecule has 5 heteroatoms. The Kier molecular flexibility index (Phi) is 5.26. The fourth-order valence-electron chi connectivity index (χ4n) is 7.49. The highest BCUT2D eigenvalue weighted by molar-refractivity contribution is 5.99. The Bertz CT molecular complexity index is 983. The SMILES string of the molecule is C[C@]12CCC(=O)C(NC(=O)OCc3ccccc3)=C1CC[C@@H]1[C@@H]2CC[C@]2(C)C(=O)CC[C@@H]12. The van der Waals surface area contributed by atoms with Crippen molar-refractivity contribution in [3.63, 3.8) is 0 Å². The third-order valence-corrected chi connectivity index (χ3v) is 9.27. The Hall–Kier alpha value is -2.43. The van der Waals surface area contributed by atoms with E-state index < -0.39 is 6.09 Å². The summed E-state index contributed by atoms with van der Waals surface area (Å²) in [5.41, 5.74) is 2.26. The van der Waals surface area contributed by atoms with Gasteiger partial charge in [-0.3, -0.25) is 14.9 Å². The highest BCUT2D eigenvalue weighted by Crippen LogP contribution is 2.64. The number of fused-ring (bicyclic) bond motifs is 5. The van der Waals surface area contributed by atoms with Gasteiger partial charge in [-0.25, -0.2) is 4.79 Å². The molecule has 0 unspecified atom stereocenters. The number of alkyl carbamates (subject to hydrolysis) is 1. The lowest BCUT2D eigenvalue weighted by Crippen LogP contribution is -2.52. The van der Waals surface area contributed by atoms with Gasteiger partial charge in [0.2, 0.25) is 0 Å². The second-order valence-electron chi connectivity index (χ2n) is 10.7. The summed E-state index contributed by atoms with van der Waals surface area (Å²) in [4.78, 5) is 38.1. The lowest BCUT2D eigenvalue weighted by Gasteiger charge is -2.57. The first-order chi connectivity index (χ1) is 15.3. The molecule has 5 nitrogen and oxygen atoms in total. The van der Waals surface area contributed by atoms with Gasteiger partial charge in [0.25, 0.3) is 0 Å². The normalized spacial score (nSPS) is 36.2. The summed E-state index contributed by atoms with van der Waals surface area (Å²) in [6, 6.07) is 9.54. The van der Waals surface area contributed by atoms with Gasteiger partial charge >= 0.3 is 6.09 Å². The van der Waals surface area contributed by atoms with Crippen molar-refractivity contribution in [3.05, 3.63) is 47.2 Å². The smallest absolute Gasteiger partial charge is 0.412 e. The third kappa shape index (κ3) is 3.32. The molecule has 1 aromatic carbocycles. The summed E-state index contributed by atoms with van der Waals surface area (Å²) < 4.78 is 5.41. The lowest BCUT2D eigenvalue weighted by molar-refractivity contribution is -0.132. The first-order valence-corrected chi connectivity index (χ1v) is 12.1. The first kappa shape index (κ1) is 21.4. The molecule has 3 fully saturated rings. The predicted molar refractivity (Wildman–Crippen MR) is 120 cm³/mol. The molecule has 0 bridgehead atoms. The minimum absolute atomic E-state index is 0.0179. The molecule has 4 aliphatic carbocycles. The van der Waals surface area contributed by atoms with Crippen LogP contribution in [-0.2, 0) is 20.9 Å². The minimum atomic E-state index is -0.561. The van der Waals surface area contributed by atoms with Crippen LogP contribution in [0.1, 0.15) is 70.8 Å². The van der Waals surface area contributed by atoms with Crippen molar-refractivity contribution in [1.82, 2.24) is 5.32 Å². The van der Waals surface area contributed by atoms with E-state index in [1.54, 1.807) is 0 Å². The molecule has 170 valence electrons. The van der Waals surface area contributed by atoms with Crippen molar-refractivity contribution in [2.24, 2.45) is 28.6 Å². The van der Waals surface area contributed by atoms with Crippen LogP contribution in [0, 0.1) is 28.6 Å². The van der Waals surface area contributed by atoms with Crippen molar-refractivity contribution in [1.29, 1.82) is 0 Å². The number of carbonyl (C=O) groups is 3. The quantitative estimate of drug-likeness (QED) is 0.695. The summed E-state index contributed by atoms with van der Waals surface area (Å²) in [6.45, 7) is 4.67. The number of hydrogen-bond donors (Lipinski definition) is 1. The Balaban J connectivity index is 1.37. The second kappa shape index (κ2) is 7.86. The number of Topliss-reactive ketones (excluding diaryl/α,β-unsaturated/α-hetero) is 2. The van der Waals surface area contributed by atoms with Crippen LogP contribution < -0.4 is 5.32 Å². The first-order valence-electron chi connectivity index (χ1n) is 12.1. The average Bonchev–Trinajstić information content (AvgIpc) is 3.10. The van der Waals surface area contributed by atoms with Gasteiger partial charge < -0.3 is 4.74 Å². The van der Waals surface area contributed by atoms with Gasteiger partial charge in [-0.1, -0.05) is 44.2 Å². The molecule has 0 aromatic heterocycles. The molecule has 5 atom stereocenters. The number of carbonyl (C=O) groups excluding carboxylic acids is 3. The van der Waals surface area contributed by atoms with Gasteiger partial charge in [0.15, 0.2) is 5.78 Å². The van der Waals surface area contributed by atoms with E-state index in [1.807, 2.05) is 30.3 Å². The highest BCUT2D eigenvalue weighted by Gasteiger charge is 2.59. The number of ether oxygens (including phenoxy) is 1. The Morgan fingerprint density at radius 2 is 1.72 bits per heavy atom. The largest absolute Gasteiger partial charge is 0.444 e. The van der Waals surface area contributed by atoms with E-state index >= 15 is 0 Å². The molecular weight excluding hydrogens is 402 g/mol. The van der Waals surface area contributed by atoms with Crippen molar-refractivity contribution in [3.8, 4) is 0 Å².